The summed E-state index contributed by atoms with van der Waals surface area (Å²) in [7, 11) is 5.03. The lowest BCUT2D eigenvalue weighted by Gasteiger charge is -2.15. The predicted molar refractivity (Wildman–Crippen MR) is 72.7 cm³/mol. The Kier molecular flexibility index (Phi) is 6.24. The molecule has 1 rings (SSSR count). The van der Waals surface area contributed by atoms with Crippen LogP contribution in [0.5, 0.6) is 5.75 Å². The molecule has 0 radical (unpaired) electrons. The van der Waals surface area contributed by atoms with Crippen LogP contribution in [-0.2, 0) is 11.2 Å². The van der Waals surface area contributed by atoms with Gasteiger partial charge in [0, 0.05) is 19.2 Å². The molecule has 0 saturated heterocycles. The fourth-order valence-corrected chi connectivity index (χ4v) is 1.86. The van der Waals surface area contributed by atoms with Gasteiger partial charge in [-0.2, -0.15) is 0 Å². The van der Waals surface area contributed by atoms with E-state index in [1.54, 1.807) is 13.2 Å². The van der Waals surface area contributed by atoms with Crippen molar-refractivity contribution in [1.29, 1.82) is 0 Å². The molecule has 1 N–H and O–H groups in total. The first kappa shape index (κ1) is 15.4. The van der Waals surface area contributed by atoms with Crippen molar-refractivity contribution in [3.63, 3.8) is 0 Å². The van der Waals surface area contributed by atoms with E-state index in [0.29, 0.717) is 12.4 Å². The molecule has 0 bridgehead atoms. The van der Waals surface area contributed by atoms with Crippen LogP contribution in [0.3, 0.4) is 0 Å². The largest absolute Gasteiger partial charge is 0.496 e. The maximum atomic E-state index is 10.8. The van der Waals surface area contributed by atoms with Crippen LogP contribution in [0.4, 0.5) is 5.69 Å². The molecule has 0 aliphatic rings. The minimum Gasteiger partial charge on any atom is -0.496 e. The third-order valence-corrected chi connectivity index (χ3v) is 2.96. The van der Waals surface area contributed by atoms with E-state index < -0.39 is 4.92 Å². The van der Waals surface area contributed by atoms with E-state index in [9.17, 15) is 10.1 Å². The zero-order valence-corrected chi connectivity index (χ0v) is 11.5. The molecule has 106 valence electrons. The molecule has 1 atom stereocenters. The summed E-state index contributed by atoms with van der Waals surface area (Å²) in [4.78, 5) is 10.4. The van der Waals surface area contributed by atoms with Crippen LogP contribution in [0.1, 0.15) is 12.0 Å². The number of likely N-dealkylation sites (N-methyl/N-ethyl adjacent to an activating group) is 1. The van der Waals surface area contributed by atoms with Gasteiger partial charge in [-0.1, -0.05) is 0 Å². The summed E-state index contributed by atoms with van der Waals surface area (Å²) >= 11 is 0. The number of non-ortho nitro benzene ring substituents is 1. The van der Waals surface area contributed by atoms with E-state index in [4.69, 9.17) is 9.47 Å². The van der Waals surface area contributed by atoms with E-state index >= 15 is 0 Å². The molecule has 0 aromatic heterocycles. The number of rotatable bonds is 8. The van der Waals surface area contributed by atoms with Crippen LogP contribution in [0.15, 0.2) is 18.2 Å². The number of aryl methyl sites for hydroxylation is 1. The van der Waals surface area contributed by atoms with Crippen molar-refractivity contribution in [2.24, 2.45) is 0 Å². The average molecular weight is 268 g/mol. The van der Waals surface area contributed by atoms with E-state index in [-0.39, 0.29) is 11.7 Å². The second kappa shape index (κ2) is 7.70. The third-order valence-electron chi connectivity index (χ3n) is 2.96. The van der Waals surface area contributed by atoms with E-state index in [1.165, 1.54) is 13.2 Å². The number of nitrogens with zero attached hydrogens (tertiary/aromatic N) is 1. The van der Waals surface area contributed by atoms with Crippen LogP contribution in [0, 0.1) is 10.1 Å². The van der Waals surface area contributed by atoms with Gasteiger partial charge in [-0.25, -0.2) is 0 Å². The molecule has 1 unspecified atom stereocenters. The van der Waals surface area contributed by atoms with Crippen molar-refractivity contribution in [2.75, 3.05) is 27.9 Å². The fourth-order valence-electron chi connectivity index (χ4n) is 1.86. The van der Waals surface area contributed by atoms with E-state index in [0.717, 1.165) is 18.4 Å². The first-order valence-corrected chi connectivity index (χ1v) is 6.09. The van der Waals surface area contributed by atoms with Gasteiger partial charge in [0.25, 0.3) is 5.69 Å². The molecule has 0 aliphatic carbocycles. The smallest absolute Gasteiger partial charge is 0.273 e. The molecule has 0 amide bonds. The number of ether oxygens (including phenoxy) is 2. The van der Waals surface area contributed by atoms with Crippen molar-refractivity contribution >= 4 is 5.69 Å². The molecular formula is C13H20N2O4. The summed E-state index contributed by atoms with van der Waals surface area (Å²) in [6.07, 6.45) is 1.57. The quantitative estimate of drug-likeness (QED) is 0.574. The Balaban J connectivity index is 2.76. The van der Waals surface area contributed by atoms with E-state index in [1.807, 2.05) is 13.1 Å². The number of benzene rings is 1. The lowest BCUT2D eigenvalue weighted by molar-refractivity contribution is -0.385. The molecule has 1 aromatic carbocycles. The summed E-state index contributed by atoms with van der Waals surface area (Å²) in [5, 5.41) is 14.0. The highest BCUT2D eigenvalue weighted by atomic mass is 16.6. The molecule has 0 fully saturated rings. The van der Waals surface area contributed by atoms with Crippen LogP contribution >= 0.6 is 0 Å². The van der Waals surface area contributed by atoms with Gasteiger partial charge in [-0.3, -0.25) is 10.1 Å². The fraction of sp³-hybridized carbons (Fsp3) is 0.538. The summed E-state index contributed by atoms with van der Waals surface area (Å²) in [6, 6.07) is 5.07. The minimum atomic E-state index is -0.406. The maximum Gasteiger partial charge on any atom is 0.273 e. The van der Waals surface area contributed by atoms with Gasteiger partial charge in [0.15, 0.2) is 0 Å². The summed E-state index contributed by atoms with van der Waals surface area (Å²) < 4.78 is 10.2. The Labute approximate surface area is 112 Å². The number of nitro groups is 1. The Morgan fingerprint density at radius 1 is 1.37 bits per heavy atom. The zero-order valence-electron chi connectivity index (χ0n) is 11.5. The SMILES string of the molecule is CNC(CCc1cc(OC)cc([N+](=O)[O-])c1)COC. The normalized spacial score (nSPS) is 12.2. The zero-order chi connectivity index (χ0) is 14.3. The molecule has 0 saturated carbocycles. The number of hydrogen-bond donors (Lipinski definition) is 1. The Bertz CT molecular complexity index is 423. The molecule has 6 heteroatoms. The molecular weight excluding hydrogens is 248 g/mol. The first-order valence-electron chi connectivity index (χ1n) is 6.09. The highest BCUT2D eigenvalue weighted by Crippen LogP contribution is 2.23. The molecule has 19 heavy (non-hydrogen) atoms. The third kappa shape index (κ3) is 4.84. The van der Waals surface area contributed by atoms with Gasteiger partial charge in [0.2, 0.25) is 0 Å². The molecule has 0 spiro atoms. The molecule has 6 nitrogen and oxygen atoms in total. The number of nitrogens with one attached hydrogen (secondary N) is 1. The maximum absolute atomic E-state index is 10.8. The van der Waals surface area contributed by atoms with Crippen molar-refractivity contribution in [3.8, 4) is 5.75 Å². The highest BCUT2D eigenvalue weighted by Gasteiger charge is 2.12. The first-order chi connectivity index (χ1) is 9.10. The van der Waals surface area contributed by atoms with Crippen LogP contribution in [-0.4, -0.2) is 38.8 Å². The predicted octanol–water partition coefficient (Wildman–Crippen LogP) is 1.77. The van der Waals surface area contributed by atoms with Crippen molar-refractivity contribution in [1.82, 2.24) is 5.32 Å². The van der Waals surface area contributed by atoms with Crippen molar-refractivity contribution in [3.05, 3.63) is 33.9 Å². The summed E-state index contributed by atoms with van der Waals surface area (Å²) in [5.74, 6) is 0.511. The second-order valence-electron chi connectivity index (χ2n) is 4.28. The molecule has 0 heterocycles. The Hall–Kier alpha value is -1.66. The van der Waals surface area contributed by atoms with Gasteiger partial charge >= 0.3 is 0 Å². The van der Waals surface area contributed by atoms with E-state index in [2.05, 4.69) is 5.32 Å². The van der Waals surface area contributed by atoms with Gasteiger partial charge < -0.3 is 14.8 Å². The van der Waals surface area contributed by atoms with Crippen LogP contribution in [0.2, 0.25) is 0 Å². The second-order valence-corrected chi connectivity index (χ2v) is 4.28. The number of nitro benzene ring substituents is 1. The van der Waals surface area contributed by atoms with Crippen molar-refractivity contribution in [2.45, 2.75) is 18.9 Å². The van der Waals surface area contributed by atoms with Crippen LogP contribution < -0.4 is 10.1 Å². The van der Waals surface area contributed by atoms with Gasteiger partial charge in [0.1, 0.15) is 5.75 Å². The topological polar surface area (TPSA) is 73.6 Å². The monoisotopic (exact) mass is 268 g/mol. The van der Waals surface area contributed by atoms with Crippen LogP contribution in [0.25, 0.3) is 0 Å². The summed E-state index contributed by atoms with van der Waals surface area (Å²) in [6.45, 7) is 0.614. The highest BCUT2D eigenvalue weighted by molar-refractivity contribution is 5.42. The molecule has 1 aromatic rings. The standard InChI is InChI=1S/C13H20N2O4/c1-14-11(9-18-2)5-4-10-6-12(15(16)17)8-13(7-10)19-3/h6-8,11,14H,4-5,9H2,1-3H3. The summed E-state index contributed by atoms with van der Waals surface area (Å²) in [5.41, 5.74) is 0.949. The lowest BCUT2D eigenvalue weighted by Crippen LogP contribution is -2.30. The molecule has 0 aliphatic heterocycles. The Morgan fingerprint density at radius 3 is 2.63 bits per heavy atom. The lowest BCUT2D eigenvalue weighted by atomic mass is 10.0. The number of methoxy groups -OCH3 is 2. The minimum absolute atomic E-state index is 0.0575. The van der Waals surface area contributed by atoms with Crippen molar-refractivity contribution < 1.29 is 14.4 Å². The van der Waals surface area contributed by atoms with Gasteiger partial charge in [0.05, 0.1) is 24.7 Å². The number of hydrogen-bond acceptors (Lipinski definition) is 5. The average Bonchev–Trinajstić information content (AvgIpc) is 2.42. The van der Waals surface area contributed by atoms with Gasteiger partial charge in [-0.15, -0.1) is 0 Å². The van der Waals surface area contributed by atoms with Gasteiger partial charge in [-0.05, 0) is 31.5 Å². The Morgan fingerprint density at radius 2 is 2.11 bits per heavy atom.